The van der Waals surface area contributed by atoms with Crippen LogP contribution in [0.1, 0.15) is 187 Å². The Labute approximate surface area is 245 Å². The van der Waals surface area contributed by atoms with E-state index in [1.165, 1.54) is 128 Å². The van der Waals surface area contributed by atoms with Gasteiger partial charge in [0, 0.05) is 6.42 Å². The van der Waals surface area contributed by atoms with Crippen LogP contribution in [0.4, 0.5) is 0 Å². The fourth-order valence-electron chi connectivity index (χ4n) is 4.97. The lowest BCUT2D eigenvalue weighted by Crippen LogP contribution is -2.05. The van der Waals surface area contributed by atoms with Crippen LogP contribution in [0.15, 0.2) is 36.5 Å². The van der Waals surface area contributed by atoms with Crippen LogP contribution >= 0.6 is 0 Å². The average Bonchev–Trinajstić information content (AvgIpc) is 2.94. The van der Waals surface area contributed by atoms with Crippen LogP contribution in [0.25, 0.3) is 0 Å². The fraction of sp³-hybridized carbons (Fsp3) is 0.811. The molecule has 0 radical (unpaired) electrons. The van der Waals surface area contributed by atoms with Crippen LogP contribution in [0.3, 0.4) is 0 Å². The van der Waals surface area contributed by atoms with Gasteiger partial charge in [-0.2, -0.15) is 0 Å². The first-order valence-electron chi connectivity index (χ1n) is 17.4. The molecule has 0 bridgehead atoms. The number of hydrogen-bond acceptors (Lipinski definition) is 2. The van der Waals surface area contributed by atoms with Crippen molar-refractivity contribution in [3.05, 3.63) is 36.5 Å². The molecule has 0 aromatic carbocycles. The van der Waals surface area contributed by atoms with Crippen molar-refractivity contribution in [2.45, 2.75) is 187 Å². The third-order valence-electron chi connectivity index (χ3n) is 7.54. The number of unbranched alkanes of at least 4 members (excludes halogenated alkanes) is 21. The lowest BCUT2D eigenvalue weighted by molar-refractivity contribution is -0.143. The van der Waals surface area contributed by atoms with E-state index >= 15 is 0 Å². The van der Waals surface area contributed by atoms with E-state index in [0.29, 0.717) is 13.0 Å². The summed E-state index contributed by atoms with van der Waals surface area (Å²) in [5.74, 6) is 0.00710. The standard InChI is InChI=1S/C37H68O2/c1-3-5-7-9-11-13-15-17-19-20-22-24-26-28-30-32-34-36-39-37(38)35-33-31-29-27-25-23-21-18-16-14-12-10-8-6-4-2/h6,8,12,14,18,21H,3-5,7,9-11,13,15-17,19-20,22-36H2,1-2H3/b8-6-,14-12-,21-18-. The Bertz CT molecular complexity index is 560. The Hall–Kier alpha value is -1.31. The molecule has 0 saturated carbocycles. The lowest BCUT2D eigenvalue weighted by atomic mass is 10.0. The van der Waals surface area contributed by atoms with Gasteiger partial charge in [0.15, 0.2) is 0 Å². The molecule has 0 aliphatic carbocycles. The summed E-state index contributed by atoms with van der Waals surface area (Å²) in [4.78, 5) is 11.9. The minimum atomic E-state index is 0.00710. The molecular formula is C37H68O2. The molecule has 2 heteroatoms. The van der Waals surface area contributed by atoms with Crippen molar-refractivity contribution in [1.29, 1.82) is 0 Å². The Kier molecular flexibility index (Phi) is 33.6. The molecule has 0 unspecified atom stereocenters. The Balaban J connectivity index is 3.22. The molecule has 0 fully saturated rings. The smallest absolute Gasteiger partial charge is 0.305 e. The van der Waals surface area contributed by atoms with Gasteiger partial charge in [-0.05, 0) is 44.9 Å². The quantitative estimate of drug-likeness (QED) is 0.0493. The maximum absolute atomic E-state index is 11.9. The van der Waals surface area contributed by atoms with E-state index in [2.05, 4.69) is 50.3 Å². The van der Waals surface area contributed by atoms with Gasteiger partial charge in [-0.15, -0.1) is 0 Å². The largest absolute Gasteiger partial charge is 0.466 e. The molecule has 0 heterocycles. The molecule has 0 saturated heterocycles. The number of hydrogen-bond donors (Lipinski definition) is 0. The van der Waals surface area contributed by atoms with Crippen molar-refractivity contribution in [1.82, 2.24) is 0 Å². The zero-order valence-corrected chi connectivity index (χ0v) is 26.6. The number of ether oxygens (including phenoxy) is 1. The normalized spacial score (nSPS) is 11.9. The second kappa shape index (κ2) is 34.7. The van der Waals surface area contributed by atoms with Crippen molar-refractivity contribution >= 4 is 5.97 Å². The van der Waals surface area contributed by atoms with Gasteiger partial charge in [-0.1, -0.05) is 172 Å². The maximum Gasteiger partial charge on any atom is 0.305 e. The molecule has 2 nitrogen and oxygen atoms in total. The zero-order chi connectivity index (χ0) is 28.3. The molecule has 0 aromatic rings. The Morgan fingerprint density at radius 2 is 0.872 bits per heavy atom. The first-order chi connectivity index (χ1) is 19.3. The van der Waals surface area contributed by atoms with Gasteiger partial charge in [0.2, 0.25) is 0 Å². The van der Waals surface area contributed by atoms with E-state index in [0.717, 1.165) is 38.5 Å². The van der Waals surface area contributed by atoms with Crippen molar-refractivity contribution in [3.8, 4) is 0 Å². The molecular weight excluding hydrogens is 476 g/mol. The van der Waals surface area contributed by atoms with Crippen molar-refractivity contribution in [3.63, 3.8) is 0 Å². The highest BCUT2D eigenvalue weighted by molar-refractivity contribution is 5.69. The molecule has 0 aliphatic rings. The fourth-order valence-corrected chi connectivity index (χ4v) is 4.97. The lowest BCUT2D eigenvalue weighted by Gasteiger charge is -2.05. The first-order valence-corrected chi connectivity index (χ1v) is 17.4. The maximum atomic E-state index is 11.9. The molecule has 0 atom stereocenters. The molecule has 0 amide bonds. The topological polar surface area (TPSA) is 26.3 Å². The van der Waals surface area contributed by atoms with Gasteiger partial charge in [-0.3, -0.25) is 4.79 Å². The monoisotopic (exact) mass is 545 g/mol. The van der Waals surface area contributed by atoms with Gasteiger partial charge in [-0.25, -0.2) is 0 Å². The predicted molar refractivity (Wildman–Crippen MR) is 174 cm³/mol. The van der Waals surface area contributed by atoms with E-state index in [9.17, 15) is 4.79 Å². The molecule has 0 aliphatic heterocycles. The highest BCUT2D eigenvalue weighted by Crippen LogP contribution is 2.14. The van der Waals surface area contributed by atoms with Gasteiger partial charge in [0.05, 0.1) is 6.61 Å². The summed E-state index contributed by atoms with van der Waals surface area (Å²) in [5, 5.41) is 0. The number of allylic oxidation sites excluding steroid dienone is 6. The second-order valence-corrected chi connectivity index (χ2v) is 11.5. The van der Waals surface area contributed by atoms with Gasteiger partial charge >= 0.3 is 5.97 Å². The molecule has 228 valence electrons. The zero-order valence-electron chi connectivity index (χ0n) is 26.6. The van der Waals surface area contributed by atoms with E-state index in [1.54, 1.807) is 0 Å². The van der Waals surface area contributed by atoms with Gasteiger partial charge in [0.1, 0.15) is 0 Å². The summed E-state index contributed by atoms with van der Waals surface area (Å²) >= 11 is 0. The van der Waals surface area contributed by atoms with E-state index in [-0.39, 0.29) is 5.97 Å². The Morgan fingerprint density at radius 1 is 0.462 bits per heavy atom. The summed E-state index contributed by atoms with van der Waals surface area (Å²) < 4.78 is 5.43. The van der Waals surface area contributed by atoms with E-state index in [4.69, 9.17) is 4.74 Å². The van der Waals surface area contributed by atoms with Crippen LogP contribution in [-0.4, -0.2) is 12.6 Å². The summed E-state index contributed by atoms with van der Waals surface area (Å²) in [5.41, 5.74) is 0. The number of carbonyl (C=O) groups is 1. The minimum Gasteiger partial charge on any atom is -0.466 e. The van der Waals surface area contributed by atoms with Crippen molar-refractivity contribution in [2.75, 3.05) is 6.61 Å². The van der Waals surface area contributed by atoms with Crippen molar-refractivity contribution < 1.29 is 9.53 Å². The SMILES string of the molecule is CC/C=C\C/C=C\C/C=C\CCCCCCCC(=O)OCCCCCCCCCCCCCCCCCCC. The van der Waals surface area contributed by atoms with E-state index in [1.807, 2.05) is 0 Å². The van der Waals surface area contributed by atoms with Crippen molar-refractivity contribution in [2.24, 2.45) is 0 Å². The van der Waals surface area contributed by atoms with Crippen LogP contribution in [0.5, 0.6) is 0 Å². The third-order valence-corrected chi connectivity index (χ3v) is 7.54. The van der Waals surface area contributed by atoms with Crippen LogP contribution in [-0.2, 0) is 9.53 Å². The summed E-state index contributed by atoms with van der Waals surface area (Å²) in [6, 6.07) is 0. The predicted octanol–water partition coefficient (Wildman–Crippen LogP) is 12.8. The second-order valence-electron chi connectivity index (χ2n) is 11.5. The average molecular weight is 545 g/mol. The number of esters is 1. The molecule has 39 heavy (non-hydrogen) atoms. The Morgan fingerprint density at radius 3 is 1.38 bits per heavy atom. The summed E-state index contributed by atoms with van der Waals surface area (Å²) in [6.45, 7) is 5.08. The first kappa shape index (κ1) is 37.7. The minimum absolute atomic E-state index is 0.00710. The summed E-state index contributed by atoms with van der Waals surface area (Å²) in [7, 11) is 0. The number of carbonyl (C=O) groups excluding carboxylic acids is 1. The molecule has 0 rings (SSSR count). The van der Waals surface area contributed by atoms with Crippen LogP contribution in [0.2, 0.25) is 0 Å². The third kappa shape index (κ3) is 34.7. The number of rotatable bonds is 31. The van der Waals surface area contributed by atoms with Gasteiger partial charge < -0.3 is 4.74 Å². The molecule has 0 N–H and O–H groups in total. The highest BCUT2D eigenvalue weighted by Gasteiger charge is 2.02. The molecule has 0 aromatic heterocycles. The highest BCUT2D eigenvalue weighted by atomic mass is 16.5. The van der Waals surface area contributed by atoms with Crippen LogP contribution < -0.4 is 0 Å². The molecule has 0 spiro atoms. The summed E-state index contributed by atoms with van der Waals surface area (Å²) in [6.07, 6.45) is 47.7. The van der Waals surface area contributed by atoms with Crippen LogP contribution in [0, 0.1) is 0 Å². The van der Waals surface area contributed by atoms with Gasteiger partial charge in [0.25, 0.3) is 0 Å². The van der Waals surface area contributed by atoms with E-state index < -0.39 is 0 Å².